The lowest BCUT2D eigenvalue weighted by Gasteiger charge is -2.18. The SMILES string of the molecule is CCn1c(C(=O)N(C)Cc2ccc(Cl)cc2)cc2sccc21. The van der Waals surface area contributed by atoms with Crippen LogP contribution in [0.25, 0.3) is 10.2 Å². The summed E-state index contributed by atoms with van der Waals surface area (Å²) < 4.78 is 3.23. The molecule has 0 fully saturated rings. The van der Waals surface area contributed by atoms with Crippen LogP contribution in [0.15, 0.2) is 41.8 Å². The Morgan fingerprint density at radius 3 is 2.68 bits per heavy atom. The molecule has 1 aromatic carbocycles. The van der Waals surface area contributed by atoms with Gasteiger partial charge in [-0.15, -0.1) is 11.3 Å². The molecule has 0 saturated heterocycles. The van der Waals surface area contributed by atoms with Gasteiger partial charge in [-0.25, -0.2) is 0 Å². The summed E-state index contributed by atoms with van der Waals surface area (Å²) in [6.07, 6.45) is 0. The number of amides is 1. The van der Waals surface area contributed by atoms with Crippen LogP contribution in [0.3, 0.4) is 0 Å². The average molecular weight is 333 g/mol. The maximum absolute atomic E-state index is 12.7. The number of carbonyl (C=O) groups excluding carboxylic acids is 1. The lowest BCUT2D eigenvalue weighted by Crippen LogP contribution is -2.28. The summed E-state index contributed by atoms with van der Waals surface area (Å²) in [5, 5.41) is 2.76. The van der Waals surface area contributed by atoms with Gasteiger partial charge >= 0.3 is 0 Å². The highest BCUT2D eigenvalue weighted by atomic mass is 35.5. The maximum Gasteiger partial charge on any atom is 0.270 e. The number of carbonyl (C=O) groups is 1. The normalized spacial score (nSPS) is 11.0. The summed E-state index contributed by atoms with van der Waals surface area (Å²) in [6, 6.07) is 11.6. The largest absolute Gasteiger partial charge is 0.336 e. The van der Waals surface area contributed by atoms with Gasteiger partial charge in [0.05, 0.1) is 10.2 Å². The fourth-order valence-electron chi connectivity index (χ4n) is 2.63. The fourth-order valence-corrected chi connectivity index (χ4v) is 3.57. The Labute approximate surface area is 138 Å². The van der Waals surface area contributed by atoms with Gasteiger partial charge in [0.1, 0.15) is 5.69 Å². The molecule has 3 aromatic rings. The Hall–Kier alpha value is -1.78. The molecular weight excluding hydrogens is 316 g/mol. The first-order valence-electron chi connectivity index (χ1n) is 7.16. The van der Waals surface area contributed by atoms with Gasteiger partial charge in [-0.1, -0.05) is 23.7 Å². The minimum Gasteiger partial charge on any atom is -0.336 e. The predicted molar refractivity (Wildman–Crippen MR) is 92.7 cm³/mol. The van der Waals surface area contributed by atoms with E-state index in [9.17, 15) is 4.79 Å². The quantitative estimate of drug-likeness (QED) is 0.682. The molecule has 1 amide bonds. The molecule has 114 valence electrons. The molecule has 0 radical (unpaired) electrons. The van der Waals surface area contributed by atoms with E-state index in [4.69, 9.17) is 11.6 Å². The van der Waals surface area contributed by atoms with E-state index < -0.39 is 0 Å². The number of halogens is 1. The van der Waals surface area contributed by atoms with E-state index in [1.165, 1.54) is 0 Å². The van der Waals surface area contributed by atoms with Crippen molar-refractivity contribution in [3.8, 4) is 0 Å². The molecule has 0 saturated carbocycles. The second kappa shape index (κ2) is 6.15. The molecule has 0 atom stereocenters. The Morgan fingerprint density at radius 2 is 2.00 bits per heavy atom. The van der Waals surface area contributed by atoms with Gasteiger partial charge in [-0.05, 0) is 42.1 Å². The molecule has 0 unspecified atom stereocenters. The number of aromatic nitrogens is 1. The first-order chi connectivity index (χ1) is 10.6. The van der Waals surface area contributed by atoms with Gasteiger partial charge in [-0.2, -0.15) is 0 Å². The number of hydrogen-bond donors (Lipinski definition) is 0. The van der Waals surface area contributed by atoms with Crippen LogP contribution in [0.2, 0.25) is 5.02 Å². The minimum absolute atomic E-state index is 0.0419. The summed E-state index contributed by atoms with van der Waals surface area (Å²) in [6.45, 7) is 3.42. The van der Waals surface area contributed by atoms with Crippen LogP contribution in [0.5, 0.6) is 0 Å². The van der Waals surface area contributed by atoms with Crippen LogP contribution in [0, 0.1) is 0 Å². The highest BCUT2D eigenvalue weighted by Gasteiger charge is 2.19. The molecule has 5 heteroatoms. The summed E-state index contributed by atoms with van der Waals surface area (Å²) in [7, 11) is 1.83. The van der Waals surface area contributed by atoms with E-state index in [1.54, 1.807) is 16.2 Å². The Kier molecular flexibility index (Phi) is 4.23. The number of rotatable bonds is 4. The third kappa shape index (κ3) is 2.76. The molecule has 0 aliphatic heterocycles. The van der Waals surface area contributed by atoms with E-state index in [1.807, 2.05) is 37.4 Å². The van der Waals surface area contributed by atoms with Crippen LogP contribution in [0.4, 0.5) is 0 Å². The Morgan fingerprint density at radius 1 is 1.27 bits per heavy atom. The van der Waals surface area contributed by atoms with Crippen molar-refractivity contribution in [2.24, 2.45) is 0 Å². The lowest BCUT2D eigenvalue weighted by atomic mass is 10.2. The van der Waals surface area contributed by atoms with Gasteiger partial charge < -0.3 is 9.47 Å². The van der Waals surface area contributed by atoms with Gasteiger partial charge in [-0.3, -0.25) is 4.79 Å². The van der Waals surface area contributed by atoms with Crippen LogP contribution >= 0.6 is 22.9 Å². The van der Waals surface area contributed by atoms with Crippen molar-refractivity contribution >= 4 is 39.1 Å². The lowest BCUT2D eigenvalue weighted by molar-refractivity contribution is 0.0775. The molecule has 0 bridgehead atoms. The number of thiophene rings is 1. The number of fused-ring (bicyclic) bond motifs is 1. The molecule has 0 aliphatic carbocycles. The molecular formula is C17H17ClN2OS. The third-order valence-corrected chi connectivity index (χ3v) is 4.84. The zero-order valence-electron chi connectivity index (χ0n) is 12.5. The molecule has 2 heterocycles. The number of aryl methyl sites for hydroxylation is 1. The van der Waals surface area contributed by atoms with Gasteiger partial charge in [0.15, 0.2) is 0 Å². The summed E-state index contributed by atoms with van der Waals surface area (Å²) in [5.74, 6) is 0.0419. The van der Waals surface area contributed by atoms with E-state index in [2.05, 4.69) is 22.9 Å². The van der Waals surface area contributed by atoms with E-state index >= 15 is 0 Å². The average Bonchev–Trinajstić information content (AvgIpc) is 3.09. The van der Waals surface area contributed by atoms with Crippen LogP contribution in [0.1, 0.15) is 23.0 Å². The summed E-state index contributed by atoms with van der Waals surface area (Å²) in [5.41, 5.74) is 2.95. The molecule has 2 aromatic heterocycles. The van der Waals surface area contributed by atoms with Crippen LogP contribution < -0.4 is 0 Å². The van der Waals surface area contributed by atoms with Crippen molar-refractivity contribution in [1.82, 2.24) is 9.47 Å². The summed E-state index contributed by atoms with van der Waals surface area (Å²) in [4.78, 5) is 14.5. The zero-order valence-corrected chi connectivity index (χ0v) is 14.1. The fraction of sp³-hybridized carbons (Fsp3) is 0.235. The van der Waals surface area contributed by atoms with Gasteiger partial charge in [0.2, 0.25) is 0 Å². The van der Waals surface area contributed by atoms with Crippen LogP contribution in [-0.4, -0.2) is 22.4 Å². The molecule has 0 aliphatic rings. The Balaban J connectivity index is 1.85. The van der Waals surface area contributed by atoms with Crippen molar-refractivity contribution in [2.45, 2.75) is 20.0 Å². The molecule has 22 heavy (non-hydrogen) atoms. The van der Waals surface area contributed by atoms with Gasteiger partial charge in [0.25, 0.3) is 5.91 Å². The highest BCUT2D eigenvalue weighted by molar-refractivity contribution is 7.17. The van der Waals surface area contributed by atoms with Gasteiger partial charge in [0, 0.05) is 25.2 Å². The minimum atomic E-state index is 0.0419. The van der Waals surface area contributed by atoms with Crippen LogP contribution in [-0.2, 0) is 13.1 Å². The molecule has 0 spiro atoms. The second-order valence-corrected chi connectivity index (χ2v) is 6.62. The van der Waals surface area contributed by atoms with E-state index in [-0.39, 0.29) is 5.91 Å². The van der Waals surface area contributed by atoms with Crippen molar-refractivity contribution in [3.05, 3.63) is 58.1 Å². The second-order valence-electron chi connectivity index (χ2n) is 5.23. The molecule has 0 N–H and O–H groups in total. The zero-order chi connectivity index (χ0) is 15.7. The predicted octanol–water partition coefficient (Wildman–Crippen LogP) is 4.65. The smallest absolute Gasteiger partial charge is 0.270 e. The molecule has 3 rings (SSSR count). The van der Waals surface area contributed by atoms with E-state index in [0.29, 0.717) is 11.6 Å². The Bertz CT molecular complexity index is 804. The number of hydrogen-bond acceptors (Lipinski definition) is 2. The maximum atomic E-state index is 12.7. The summed E-state index contributed by atoms with van der Waals surface area (Å²) >= 11 is 7.56. The van der Waals surface area contributed by atoms with E-state index in [0.717, 1.165) is 28.0 Å². The standard InChI is InChI=1S/C17H17ClN2OS/c1-3-20-14-8-9-22-16(14)10-15(20)17(21)19(2)11-12-4-6-13(18)7-5-12/h4-10H,3,11H2,1-2H3. The first kappa shape index (κ1) is 15.1. The monoisotopic (exact) mass is 332 g/mol. The molecule has 3 nitrogen and oxygen atoms in total. The number of benzene rings is 1. The number of nitrogens with zero attached hydrogens (tertiary/aromatic N) is 2. The first-order valence-corrected chi connectivity index (χ1v) is 8.42. The van der Waals surface area contributed by atoms with Crippen molar-refractivity contribution in [2.75, 3.05) is 7.05 Å². The van der Waals surface area contributed by atoms with Crippen molar-refractivity contribution < 1.29 is 4.79 Å². The van der Waals surface area contributed by atoms with Crippen molar-refractivity contribution in [3.63, 3.8) is 0 Å². The van der Waals surface area contributed by atoms with Crippen molar-refractivity contribution in [1.29, 1.82) is 0 Å². The third-order valence-electron chi connectivity index (χ3n) is 3.74. The topological polar surface area (TPSA) is 25.2 Å². The highest BCUT2D eigenvalue weighted by Crippen LogP contribution is 2.26.